The molecule has 2 atom stereocenters. The van der Waals surface area contributed by atoms with Gasteiger partial charge in [0, 0.05) is 26.2 Å². The van der Waals surface area contributed by atoms with Crippen LogP contribution in [-0.4, -0.2) is 68.4 Å². The van der Waals surface area contributed by atoms with Crippen molar-refractivity contribution in [1.29, 1.82) is 0 Å². The van der Waals surface area contributed by atoms with Gasteiger partial charge in [-0.3, -0.25) is 9.79 Å². The van der Waals surface area contributed by atoms with Gasteiger partial charge < -0.3 is 25.0 Å². The predicted molar refractivity (Wildman–Crippen MR) is 96.5 cm³/mol. The van der Waals surface area contributed by atoms with E-state index < -0.39 is 11.7 Å². The van der Waals surface area contributed by atoms with Gasteiger partial charge in [0.25, 0.3) is 0 Å². The van der Waals surface area contributed by atoms with E-state index in [0.29, 0.717) is 19.6 Å². The molecule has 1 saturated heterocycles. The molecular weight excluding hydrogens is 324 g/mol. The van der Waals surface area contributed by atoms with Crippen LogP contribution in [0.3, 0.4) is 0 Å². The monoisotopic (exact) mass is 356 g/mol. The molecule has 8 heteroatoms. The summed E-state index contributed by atoms with van der Waals surface area (Å²) in [5.41, 5.74) is -0.517. The Morgan fingerprint density at radius 1 is 1.24 bits per heavy atom. The van der Waals surface area contributed by atoms with Crippen LogP contribution >= 0.6 is 0 Å². The van der Waals surface area contributed by atoms with E-state index in [1.807, 2.05) is 34.6 Å². The van der Waals surface area contributed by atoms with Crippen molar-refractivity contribution >= 4 is 18.0 Å². The van der Waals surface area contributed by atoms with Crippen LogP contribution in [-0.2, 0) is 14.3 Å². The number of hydrogen-bond acceptors (Lipinski definition) is 5. The van der Waals surface area contributed by atoms with E-state index in [1.54, 1.807) is 0 Å². The van der Waals surface area contributed by atoms with Gasteiger partial charge in [0.15, 0.2) is 5.96 Å². The van der Waals surface area contributed by atoms with Crippen molar-refractivity contribution in [2.45, 2.75) is 40.2 Å². The topological polar surface area (TPSA) is 92.3 Å². The molecule has 0 bridgehead atoms. The molecule has 1 aliphatic heterocycles. The number of rotatable bonds is 5. The Morgan fingerprint density at radius 2 is 1.92 bits per heavy atom. The number of likely N-dealkylation sites (tertiary alicyclic amines) is 1. The molecule has 0 aromatic rings. The number of nitrogens with one attached hydrogen (secondary N) is 2. The average Bonchev–Trinajstić information content (AvgIpc) is 2.89. The summed E-state index contributed by atoms with van der Waals surface area (Å²) in [6.07, 6.45) is -0.451. The fourth-order valence-corrected chi connectivity index (χ4v) is 2.66. The Labute approximate surface area is 150 Å². The minimum atomic E-state index is -0.517. The number of amides is 1. The fraction of sp³-hybridized carbons (Fsp3) is 0.824. The van der Waals surface area contributed by atoms with E-state index in [2.05, 4.69) is 20.5 Å². The van der Waals surface area contributed by atoms with Crippen LogP contribution < -0.4 is 10.6 Å². The van der Waals surface area contributed by atoms with Gasteiger partial charge in [-0.15, -0.1) is 0 Å². The van der Waals surface area contributed by atoms with Crippen molar-refractivity contribution in [3.8, 4) is 0 Å². The molecule has 0 aromatic heterocycles. The molecule has 1 fully saturated rings. The largest absolute Gasteiger partial charge is 0.469 e. The summed E-state index contributed by atoms with van der Waals surface area (Å²) in [5, 5.41) is 5.91. The number of methoxy groups -OCH3 is 1. The van der Waals surface area contributed by atoms with Gasteiger partial charge in [-0.25, -0.2) is 4.79 Å². The Balaban J connectivity index is 2.55. The number of aliphatic imine (C=N–C) groups is 1. The van der Waals surface area contributed by atoms with Gasteiger partial charge in [0.05, 0.1) is 19.6 Å². The SMILES string of the molecule is CCNC(=NCCNC(=O)OC(C)(C)C)N1CC(C)C(C(=O)OC)C1. The highest BCUT2D eigenvalue weighted by molar-refractivity contribution is 5.82. The van der Waals surface area contributed by atoms with Crippen molar-refractivity contribution < 1.29 is 19.1 Å². The van der Waals surface area contributed by atoms with Gasteiger partial charge >= 0.3 is 12.1 Å². The third-order valence-corrected chi connectivity index (χ3v) is 3.79. The molecule has 1 rings (SSSR count). The molecule has 0 aliphatic carbocycles. The summed E-state index contributed by atoms with van der Waals surface area (Å²) in [5.74, 6) is 0.620. The van der Waals surface area contributed by atoms with Crippen LogP contribution in [0, 0.1) is 11.8 Å². The number of alkyl carbamates (subject to hydrolysis) is 1. The first-order valence-electron chi connectivity index (χ1n) is 8.75. The van der Waals surface area contributed by atoms with E-state index in [4.69, 9.17) is 9.47 Å². The van der Waals surface area contributed by atoms with Crippen LogP contribution in [0.1, 0.15) is 34.6 Å². The van der Waals surface area contributed by atoms with Crippen LogP contribution in [0.4, 0.5) is 4.79 Å². The van der Waals surface area contributed by atoms with Crippen molar-refractivity contribution in [1.82, 2.24) is 15.5 Å². The summed E-state index contributed by atoms with van der Waals surface area (Å²) < 4.78 is 10.1. The van der Waals surface area contributed by atoms with Gasteiger partial charge in [-0.1, -0.05) is 6.92 Å². The van der Waals surface area contributed by atoms with E-state index in [0.717, 1.165) is 19.0 Å². The van der Waals surface area contributed by atoms with Crippen molar-refractivity contribution in [3.63, 3.8) is 0 Å². The highest BCUT2D eigenvalue weighted by Gasteiger charge is 2.36. The molecule has 1 aliphatic rings. The Kier molecular flexibility index (Phi) is 7.99. The number of carbonyl (C=O) groups is 2. The zero-order valence-corrected chi connectivity index (χ0v) is 16.2. The maximum absolute atomic E-state index is 11.8. The lowest BCUT2D eigenvalue weighted by Gasteiger charge is -2.22. The lowest BCUT2D eigenvalue weighted by atomic mass is 9.99. The van der Waals surface area contributed by atoms with Crippen molar-refractivity contribution in [2.75, 3.05) is 39.8 Å². The molecular formula is C17H32N4O4. The summed E-state index contributed by atoms with van der Waals surface area (Å²) >= 11 is 0. The van der Waals surface area contributed by atoms with E-state index in [9.17, 15) is 9.59 Å². The second-order valence-corrected chi connectivity index (χ2v) is 7.18. The minimum Gasteiger partial charge on any atom is -0.469 e. The molecule has 2 unspecified atom stereocenters. The standard InChI is InChI=1S/C17H32N4O4/c1-7-18-15(19-8-9-20-16(23)25-17(3,4)5)21-10-12(2)13(11-21)14(22)24-6/h12-13H,7-11H2,1-6H3,(H,18,19)(H,20,23). The van der Waals surface area contributed by atoms with E-state index in [-0.39, 0.29) is 17.8 Å². The molecule has 8 nitrogen and oxygen atoms in total. The minimum absolute atomic E-state index is 0.145. The van der Waals surface area contributed by atoms with Gasteiger partial charge in [0.2, 0.25) is 0 Å². The molecule has 0 saturated carbocycles. The van der Waals surface area contributed by atoms with Gasteiger partial charge in [0.1, 0.15) is 5.60 Å². The molecule has 0 radical (unpaired) electrons. The maximum atomic E-state index is 11.8. The molecule has 25 heavy (non-hydrogen) atoms. The number of nitrogens with zero attached hydrogens (tertiary/aromatic N) is 2. The van der Waals surface area contributed by atoms with Crippen LogP contribution in [0.5, 0.6) is 0 Å². The number of hydrogen-bond donors (Lipinski definition) is 2. The molecule has 0 aromatic carbocycles. The highest BCUT2D eigenvalue weighted by Crippen LogP contribution is 2.24. The van der Waals surface area contributed by atoms with Crippen molar-refractivity contribution in [2.24, 2.45) is 16.8 Å². The fourth-order valence-electron chi connectivity index (χ4n) is 2.66. The smallest absolute Gasteiger partial charge is 0.407 e. The maximum Gasteiger partial charge on any atom is 0.407 e. The number of esters is 1. The molecule has 2 N–H and O–H groups in total. The van der Waals surface area contributed by atoms with Gasteiger partial charge in [-0.2, -0.15) is 0 Å². The van der Waals surface area contributed by atoms with E-state index in [1.165, 1.54) is 7.11 Å². The third kappa shape index (κ3) is 7.19. The lowest BCUT2D eigenvalue weighted by molar-refractivity contribution is -0.145. The van der Waals surface area contributed by atoms with E-state index >= 15 is 0 Å². The second kappa shape index (κ2) is 9.48. The summed E-state index contributed by atoms with van der Waals surface area (Å²) in [7, 11) is 1.42. The summed E-state index contributed by atoms with van der Waals surface area (Å²) in [4.78, 5) is 30.0. The number of ether oxygens (including phenoxy) is 2. The molecule has 1 amide bonds. The summed E-state index contributed by atoms with van der Waals surface area (Å²) in [6, 6.07) is 0. The highest BCUT2D eigenvalue weighted by atomic mass is 16.6. The Bertz CT molecular complexity index is 488. The lowest BCUT2D eigenvalue weighted by Crippen LogP contribution is -2.41. The second-order valence-electron chi connectivity index (χ2n) is 7.18. The summed E-state index contributed by atoms with van der Waals surface area (Å²) in [6.45, 7) is 12.3. The quantitative estimate of drug-likeness (QED) is 0.333. The first kappa shape index (κ1) is 21.1. The normalized spacial score (nSPS) is 21.0. The Hall–Kier alpha value is -1.99. The number of guanidine groups is 1. The molecule has 144 valence electrons. The first-order valence-corrected chi connectivity index (χ1v) is 8.75. The van der Waals surface area contributed by atoms with Crippen LogP contribution in [0.15, 0.2) is 4.99 Å². The first-order chi connectivity index (χ1) is 11.7. The third-order valence-electron chi connectivity index (χ3n) is 3.79. The average molecular weight is 356 g/mol. The van der Waals surface area contributed by atoms with Gasteiger partial charge in [-0.05, 0) is 33.6 Å². The predicted octanol–water partition coefficient (Wildman–Crippen LogP) is 1.22. The zero-order valence-electron chi connectivity index (χ0n) is 16.2. The zero-order chi connectivity index (χ0) is 19.0. The Morgan fingerprint density at radius 3 is 2.48 bits per heavy atom. The van der Waals surface area contributed by atoms with Crippen molar-refractivity contribution in [3.05, 3.63) is 0 Å². The number of carbonyl (C=O) groups excluding carboxylic acids is 2. The van der Waals surface area contributed by atoms with Crippen LogP contribution in [0.25, 0.3) is 0 Å². The molecule has 0 spiro atoms. The van der Waals surface area contributed by atoms with Crippen LogP contribution in [0.2, 0.25) is 0 Å². The molecule has 1 heterocycles.